The molecule has 0 aromatic heterocycles. The van der Waals surface area contributed by atoms with Crippen LogP contribution in [0.4, 0.5) is 10.5 Å². The van der Waals surface area contributed by atoms with E-state index >= 15 is 0 Å². The molecule has 184 valence electrons. The molecule has 0 bridgehead atoms. The van der Waals surface area contributed by atoms with Gasteiger partial charge >= 0.3 is 6.09 Å². The molecule has 33 heavy (non-hydrogen) atoms. The first-order chi connectivity index (χ1) is 15.4. The van der Waals surface area contributed by atoms with Crippen molar-refractivity contribution < 1.29 is 19.1 Å². The summed E-state index contributed by atoms with van der Waals surface area (Å²) in [6.45, 7) is 16.0. The zero-order chi connectivity index (χ0) is 24.8. The fraction of sp³-hybridized carbons (Fsp3) is 0.640. The molecule has 2 heterocycles. The molecule has 8 heteroatoms. The molecule has 1 unspecified atom stereocenters. The maximum atomic E-state index is 12.5. The molecule has 0 aliphatic carbocycles. The van der Waals surface area contributed by atoms with Crippen LogP contribution in [0.15, 0.2) is 24.3 Å². The molecule has 2 saturated heterocycles. The lowest BCUT2D eigenvalue weighted by Gasteiger charge is -2.30. The number of anilines is 1. The van der Waals surface area contributed by atoms with Gasteiger partial charge in [-0.25, -0.2) is 4.79 Å². The minimum absolute atomic E-state index is 0.123. The number of carbonyl (C=O) groups is 3. The lowest BCUT2D eigenvalue weighted by atomic mass is 10.1. The molecule has 1 atom stereocenters. The number of hydrogen-bond donors (Lipinski definition) is 2. The molecule has 2 aliphatic rings. The molecular weight excluding hydrogens is 420 g/mol. The van der Waals surface area contributed by atoms with Gasteiger partial charge in [-0.2, -0.15) is 0 Å². The Kier molecular flexibility index (Phi) is 9.28. The summed E-state index contributed by atoms with van der Waals surface area (Å²) in [4.78, 5) is 40.6. The van der Waals surface area contributed by atoms with E-state index in [0.717, 1.165) is 19.0 Å². The van der Waals surface area contributed by atoms with Gasteiger partial charge in [0.05, 0.1) is 12.1 Å². The van der Waals surface area contributed by atoms with E-state index < -0.39 is 5.60 Å². The molecular formula is C25H40N4O4. The fourth-order valence-electron chi connectivity index (χ4n) is 3.55. The van der Waals surface area contributed by atoms with E-state index in [2.05, 4.69) is 31.4 Å². The van der Waals surface area contributed by atoms with Crippen LogP contribution in [0.1, 0.15) is 65.2 Å². The van der Waals surface area contributed by atoms with Crippen LogP contribution in [-0.2, 0) is 9.53 Å². The van der Waals surface area contributed by atoms with Gasteiger partial charge < -0.3 is 25.2 Å². The SMILES string of the molecule is CC(=O)N(c1cccc(C(=O)NC2CNC2)c1)C1CCN(C(=O)OC(C)(C)C)C1.CC(C)C. The van der Waals surface area contributed by atoms with Crippen molar-refractivity contribution in [2.75, 3.05) is 31.1 Å². The predicted molar refractivity (Wildman–Crippen MR) is 130 cm³/mol. The number of rotatable bonds is 4. The van der Waals surface area contributed by atoms with Crippen molar-refractivity contribution in [2.45, 2.75) is 72.6 Å². The zero-order valence-electron chi connectivity index (χ0n) is 21.1. The highest BCUT2D eigenvalue weighted by Crippen LogP contribution is 2.25. The summed E-state index contributed by atoms with van der Waals surface area (Å²) < 4.78 is 5.45. The van der Waals surface area contributed by atoms with Crippen LogP contribution in [-0.4, -0.2) is 66.7 Å². The van der Waals surface area contributed by atoms with Crippen LogP contribution >= 0.6 is 0 Å². The number of amides is 3. The minimum Gasteiger partial charge on any atom is -0.444 e. The van der Waals surface area contributed by atoms with Gasteiger partial charge in [0.1, 0.15) is 5.60 Å². The molecule has 0 spiro atoms. The van der Waals surface area contributed by atoms with Crippen molar-refractivity contribution >= 4 is 23.6 Å². The minimum atomic E-state index is -0.562. The number of carbonyl (C=O) groups excluding carboxylic acids is 3. The molecule has 1 aromatic carbocycles. The third-order valence-electron chi connectivity index (χ3n) is 5.02. The van der Waals surface area contributed by atoms with Gasteiger partial charge in [0.2, 0.25) is 5.91 Å². The van der Waals surface area contributed by atoms with Crippen LogP contribution < -0.4 is 15.5 Å². The lowest BCUT2D eigenvalue weighted by molar-refractivity contribution is -0.117. The summed E-state index contributed by atoms with van der Waals surface area (Å²) >= 11 is 0. The zero-order valence-corrected chi connectivity index (χ0v) is 21.1. The van der Waals surface area contributed by atoms with E-state index in [1.54, 1.807) is 28.0 Å². The van der Waals surface area contributed by atoms with Crippen LogP contribution in [0.5, 0.6) is 0 Å². The van der Waals surface area contributed by atoms with E-state index in [4.69, 9.17) is 4.74 Å². The molecule has 0 radical (unpaired) electrons. The Hall–Kier alpha value is -2.61. The number of nitrogens with zero attached hydrogens (tertiary/aromatic N) is 2. The molecule has 3 rings (SSSR count). The van der Waals surface area contributed by atoms with Gasteiger partial charge in [0.25, 0.3) is 5.91 Å². The highest BCUT2D eigenvalue weighted by atomic mass is 16.6. The Morgan fingerprint density at radius 3 is 2.33 bits per heavy atom. The van der Waals surface area contributed by atoms with Crippen LogP contribution in [0.2, 0.25) is 0 Å². The van der Waals surface area contributed by atoms with Gasteiger partial charge in [-0.15, -0.1) is 0 Å². The Bertz CT molecular complexity index is 827. The number of ether oxygens (including phenoxy) is 1. The Balaban J connectivity index is 0.000000890. The maximum absolute atomic E-state index is 12.5. The van der Waals surface area contributed by atoms with E-state index in [-0.39, 0.29) is 30.0 Å². The molecule has 0 saturated carbocycles. The Morgan fingerprint density at radius 2 is 1.82 bits per heavy atom. The van der Waals surface area contributed by atoms with Crippen molar-refractivity contribution in [3.8, 4) is 0 Å². The monoisotopic (exact) mass is 460 g/mol. The maximum Gasteiger partial charge on any atom is 0.410 e. The van der Waals surface area contributed by atoms with Crippen LogP contribution in [0.3, 0.4) is 0 Å². The molecule has 1 aromatic rings. The van der Waals surface area contributed by atoms with Gasteiger partial charge in [0, 0.05) is 44.4 Å². The average Bonchev–Trinajstić information content (AvgIpc) is 3.12. The topological polar surface area (TPSA) is 91.0 Å². The van der Waals surface area contributed by atoms with Crippen LogP contribution in [0.25, 0.3) is 0 Å². The summed E-state index contributed by atoms with van der Waals surface area (Å²) in [5.74, 6) is 0.561. The number of hydrogen-bond acceptors (Lipinski definition) is 5. The summed E-state index contributed by atoms with van der Waals surface area (Å²) in [6, 6.07) is 7.06. The summed E-state index contributed by atoms with van der Waals surface area (Å²) in [6.07, 6.45) is 0.286. The first-order valence-electron chi connectivity index (χ1n) is 11.8. The largest absolute Gasteiger partial charge is 0.444 e. The third-order valence-corrected chi connectivity index (χ3v) is 5.02. The number of nitrogens with one attached hydrogen (secondary N) is 2. The molecule has 8 nitrogen and oxygen atoms in total. The second-order valence-electron chi connectivity index (χ2n) is 10.4. The highest BCUT2D eigenvalue weighted by Gasteiger charge is 2.34. The first-order valence-corrected chi connectivity index (χ1v) is 11.8. The summed E-state index contributed by atoms with van der Waals surface area (Å²) in [7, 11) is 0. The first kappa shape index (κ1) is 26.6. The van der Waals surface area contributed by atoms with Crippen LogP contribution in [0, 0.1) is 5.92 Å². The molecule has 2 N–H and O–H groups in total. The second kappa shape index (κ2) is 11.5. The van der Waals surface area contributed by atoms with E-state index in [1.807, 2.05) is 26.8 Å². The highest BCUT2D eigenvalue weighted by molar-refractivity contribution is 5.98. The van der Waals surface area contributed by atoms with Gasteiger partial charge in [0.15, 0.2) is 0 Å². The molecule has 2 aliphatic heterocycles. The second-order valence-corrected chi connectivity index (χ2v) is 10.4. The van der Waals surface area contributed by atoms with Crippen molar-refractivity contribution in [3.63, 3.8) is 0 Å². The Morgan fingerprint density at radius 1 is 1.18 bits per heavy atom. The average molecular weight is 461 g/mol. The smallest absolute Gasteiger partial charge is 0.410 e. The lowest BCUT2D eigenvalue weighted by Crippen LogP contribution is -2.56. The van der Waals surface area contributed by atoms with Crippen molar-refractivity contribution in [2.24, 2.45) is 5.92 Å². The van der Waals surface area contributed by atoms with Crippen molar-refractivity contribution in [1.29, 1.82) is 0 Å². The van der Waals surface area contributed by atoms with E-state index in [9.17, 15) is 14.4 Å². The van der Waals surface area contributed by atoms with E-state index in [1.165, 1.54) is 6.92 Å². The molecule has 2 fully saturated rings. The Labute approximate surface area is 198 Å². The van der Waals surface area contributed by atoms with Gasteiger partial charge in [-0.05, 0) is 51.3 Å². The van der Waals surface area contributed by atoms with Crippen molar-refractivity contribution in [1.82, 2.24) is 15.5 Å². The van der Waals surface area contributed by atoms with Crippen molar-refractivity contribution in [3.05, 3.63) is 29.8 Å². The normalized spacial score (nSPS) is 18.2. The summed E-state index contributed by atoms with van der Waals surface area (Å²) in [5, 5.41) is 6.08. The number of likely N-dealkylation sites (tertiary alicyclic amines) is 1. The fourth-order valence-corrected chi connectivity index (χ4v) is 3.55. The van der Waals surface area contributed by atoms with Gasteiger partial charge in [-0.3, -0.25) is 9.59 Å². The van der Waals surface area contributed by atoms with E-state index in [0.29, 0.717) is 30.8 Å². The van der Waals surface area contributed by atoms with Gasteiger partial charge in [-0.1, -0.05) is 26.8 Å². The molecule has 3 amide bonds. The standard InChI is InChI=1S/C21H30N4O4.C4H10/c1-14(26)25(18-8-9-24(13-18)20(28)29-21(2,3)4)17-7-5-6-15(10-17)19(27)23-16-11-22-12-16;1-4(2)3/h5-7,10,16,18,22H,8-9,11-13H2,1-4H3,(H,23,27);4H,1-3H3. The predicted octanol–water partition coefficient (Wildman–Crippen LogP) is 3.41. The number of benzene rings is 1. The third kappa shape index (κ3) is 8.35. The summed E-state index contributed by atoms with van der Waals surface area (Å²) in [5.41, 5.74) is 0.614. The quantitative estimate of drug-likeness (QED) is 0.719.